The van der Waals surface area contributed by atoms with Crippen molar-refractivity contribution in [3.05, 3.63) is 29.3 Å². The van der Waals surface area contributed by atoms with E-state index in [-0.39, 0.29) is 6.10 Å². The molecule has 1 atom stereocenters. The highest BCUT2D eigenvalue weighted by atomic mass is 16.5. The minimum atomic E-state index is -0.899. The molecular formula is C13H17NO3. The molecule has 0 bridgehead atoms. The maximum absolute atomic E-state index is 11.1. The number of aryl methyl sites for hydroxylation is 1. The molecule has 1 fully saturated rings. The van der Waals surface area contributed by atoms with Crippen LogP contribution in [0.3, 0.4) is 0 Å². The molecule has 0 aromatic heterocycles. The monoisotopic (exact) mass is 235 g/mol. The molecule has 92 valence electrons. The lowest BCUT2D eigenvalue weighted by Gasteiger charge is -2.15. The van der Waals surface area contributed by atoms with E-state index in [2.05, 4.69) is 5.32 Å². The molecule has 4 nitrogen and oxygen atoms in total. The van der Waals surface area contributed by atoms with Crippen molar-refractivity contribution in [1.29, 1.82) is 0 Å². The second kappa shape index (κ2) is 5.19. The number of hydrogen-bond donors (Lipinski definition) is 2. The molecule has 1 saturated heterocycles. The Labute approximate surface area is 101 Å². The number of carboxylic acids is 1. The van der Waals surface area contributed by atoms with Gasteiger partial charge in [0.25, 0.3) is 0 Å². The molecule has 2 N–H and O–H groups in total. The molecule has 1 unspecified atom stereocenters. The molecule has 1 aromatic carbocycles. The summed E-state index contributed by atoms with van der Waals surface area (Å²) in [5.74, 6) is -0.899. The van der Waals surface area contributed by atoms with Crippen molar-refractivity contribution in [2.24, 2.45) is 0 Å². The lowest BCUT2D eigenvalue weighted by atomic mass is 10.1. The van der Waals surface area contributed by atoms with Gasteiger partial charge in [-0.3, -0.25) is 0 Å². The Morgan fingerprint density at radius 1 is 1.59 bits per heavy atom. The maximum atomic E-state index is 11.1. The van der Waals surface area contributed by atoms with Crippen molar-refractivity contribution >= 4 is 11.7 Å². The lowest BCUT2D eigenvalue weighted by Crippen LogP contribution is -2.20. The summed E-state index contributed by atoms with van der Waals surface area (Å²) in [7, 11) is 0. The van der Waals surface area contributed by atoms with Gasteiger partial charge in [-0.05, 0) is 31.4 Å². The van der Waals surface area contributed by atoms with Crippen molar-refractivity contribution in [2.45, 2.75) is 25.9 Å². The van der Waals surface area contributed by atoms with Crippen LogP contribution in [-0.2, 0) is 4.74 Å². The van der Waals surface area contributed by atoms with E-state index in [1.165, 1.54) is 0 Å². The lowest BCUT2D eigenvalue weighted by molar-refractivity contribution is 0.0697. The van der Waals surface area contributed by atoms with Crippen LogP contribution >= 0.6 is 0 Å². The molecule has 17 heavy (non-hydrogen) atoms. The third-order valence-corrected chi connectivity index (χ3v) is 3.03. The fraction of sp³-hybridized carbons (Fsp3) is 0.462. The van der Waals surface area contributed by atoms with E-state index in [0.29, 0.717) is 17.8 Å². The van der Waals surface area contributed by atoms with Crippen molar-refractivity contribution in [2.75, 3.05) is 18.5 Å². The Bertz CT molecular complexity index is 411. The Hall–Kier alpha value is -1.55. The van der Waals surface area contributed by atoms with Crippen LogP contribution in [-0.4, -0.2) is 30.3 Å². The summed E-state index contributed by atoms with van der Waals surface area (Å²) in [4.78, 5) is 11.1. The smallest absolute Gasteiger partial charge is 0.337 e. The summed E-state index contributed by atoms with van der Waals surface area (Å²) in [5, 5.41) is 12.3. The van der Waals surface area contributed by atoms with E-state index in [1.807, 2.05) is 13.0 Å². The summed E-state index contributed by atoms with van der Waals surface area (Å²) < 4.78 is 5.50. The SMILES string of the molecule is Cc1cccc(C(=O)O)c1NCC1CCCO1. The third-order valence-electron chi connectivity index (χ3n) is 3.03. The first-order chi connectivity index (χ1) is 8.18. The van der Waals surface area contributed by atoms with Gasteiger partial charge in [0.2, 0.25) is 0 Å². The standard InChI is InChI=1S/C13H17NO3/c1-9-4-2-6-11(13(15)16)12(9)14-8-10-5-3-7-17-10/h2,4,6,10,14H,3,5,7-8H2,1H3,(H,15,16). The zero-order chi connectivity index (χ0) is 12.3. The molecule has 0 amide bonds. The topological polar surface area (TPSA) is 58.6 Å². The van der Waals surface area contributed by atoms with E-state index >= 15 is 0 Å². The first-order valence-electron chi connectivity index (χ1n) is 5.87. The predicted molar refractivity (Wildman–Crippen MR) is 65.6 cm³/mol. The van der Waals surface area contributed by atoms with Crippen molar-refractivity contribution < 1.29 is 14.6 Å². The van der Waals surface area contributed by atoms with Gasteiger partial charge in [0.1, 0.15) is 0 Å². The molecule has 4 heteroatoms. The highest BCUT2D eigenvalue weighted by Crippen LogP contribution is 2.21. The van der Waals surface area contributed by atoms with E-state index in [4.69, 9.17) is 9.84 Å². The Morgan fingerprint density at radius 3 is 3.06 bits per heavy atom. The zero-order valence-corrected chi connectivity index (χ0v) is 9.90. The molecule has 0 aliphatic carbocycles. The summed E-state index contributed by atoms with van der Waals surface area (Å²) >= 11 is 0. The van der Waals surface area contributed by atoms with Gasteiger partial charge in [-0.15, -0.1) is 0 Å². The minimum Gasteiger partial charge on any atom is -0.478 e. The number of anilines is 1. The van der Waals surface area contributed by atoms with Crippen LogP contribution in [0.25, 0.3) is 0 Å². The van der Waals surface area contributed by atoms with E-state index in [1.54, 1.807) is 12.1 Å². The third kappa shape index (κ3) is 2.77. The van der Waals surface area contributed by atoms with Crippen LogP contribution < -0.4 is 5.32 Å². The fourth-order valence-electron chi connectivity index (χ4n) is 2.10. The van der Waals surface area contributed by atoms with Crippen molar-refractivity contribution in [3.63, 3.8) is 0 Å². The van der Waals surface area contributed by atoms with E-state index in [0.717, 1.165) is 25.0 Å². The summed E-state index contributed by atoms with van der Waals surface area (Å²) in [6.07, 6.45) is 2.34. The molecule has 1 heterocycles. The largest absolute Gasteiger partial charge is 0.478 e. The predicted octanol–water partition coefficient (Wildman–Crippen LogP) is 2.28. The van der Waals surface area contributed by atoms with Crippen molar-refractivity contribution in [3.8, 4) is 0 Å². The summed E-state index contributed by atoms with van der Waals surface area (Å²) in [5.41, 5.74) is 1.97. The van der Waals surface area contributed by atoms with Crippen LogP contribution in [0.4, 0.5) is 5.69 Å². The molecular weight excluding hydrogens is 218 g/mol. The number of carbonyl (C=O) groups is 1. The summed E-state index contributed by atoms with van der Waals surface area (Å²) in [6.45, 7) is 3.39. The number of aromatic carboxylic acids is 1. The molecule has 1 aromatic rings. The second-order valence-electron chi connectivity index (χ2n) is 4.32. The molecule has 1 aliphatic heterocycles. The Kier molecular flexibility index (Phi) is 3.64. The van der Waals surface area contributed by atoms with Gasteiger partial charge in [0, 0.05) is 13.2 Å². The Balaban J connectivity index is 2.10. The number of para-hydroxylation sites is 1. The number of nitrogens with one attached hydrogen (secondary N) is 1. The van der Waals surface area contributed by atoms with Gasteiger partial charge in [-0.1, -0.05) is 12.1 Å². The number of ether oxygens (including phenoxy) is 1. The number of carboxylic acid groups (broad SMARTS) is 1. The fourth-order valence-corrected chi connectivity index (χ4v) is 2.10. The van der Waals surface area contributed by atoms with Gasteiger partial charge < -0.3 is 15.2 Å². The van der Waals surface area contributed by atoms with E-state index < -0.39 is 5.97 Å². The molecule has 0 saturated carbocycles. The van der Waals surface area contributed by atoms with Crippen LogP contribution in [0, 0.1) is 6.92 Å². The maximum Gasteiger partial charge on any atom is 0.337 e. The highest BCUT2D eigenvalue weighted by Gasteiger charge is 2.17. The summed E-state index contributed by atoms with van der Waals surface area (Å²) in [6, 6.07) is 5.29. The van der Waals surface area contributed by atoms with Gasteiger partial charge >= 0.3 is 5.97 Å². The van der Waals surface area contributed by atoms with Gasteiger partial charge in [0.05, 0.1) is 17.4 Å². The minimum absolute atomic E-state index is 0.205. The van der Waals surface area contributed by atoms with Crippen LogP contribution in [0.5, 0.6) is 0 Å². The molecule has 0 radical (unpaired) electrons. The van der Waals surface area contributed by atoms with Crippen LogP contribution in [0.1, 0.15) is 28.8 Å². The molecule has 1 aliphatic rings. The zero-order valence-electron chi connectivity index (χ0n) is 9.90. The van der Waals surface area contributed by atoms with Crippen LogP contribution in [0.15, 0.2) is 18.2 Å². The second-order valence-corrected chi connectivity index (χ2v) is 4.32. The van der Waals surface area contributed by atoms with E-state index in [9.17, 15) is 4.79 Å². The quantitative estimate of drug-likeness (QED) is 0.840. The van der Waals surface area contributed by atoms with Crippen LogP contribution in [0.2, 0.25) is 0 Å². The van der Waals surface area contributed by atoms with Gasteiger partial charge in [0.15, 0.2) is 0 Å². The molecule has 0 spiro atoms. The average Bonchev–Trinajstić information content (AvgIpc) is 2.80. The van der Waals surface area contributed by atoms with Gasteiger partial charge in [-0.2, -0.15) is 0 Å². The first kappa shape index (κ1) is 11.9. The van der Waals surface area contributed by atoms with Gasteiger partial charge in [-0.25, -0.2) is 4.79 Å². The number of benzene rings is 1. The average molecular weight is 235 g/mol. The number of rotatable bonds is 4. The molecule has 2 rings (SSSR count). The van der Waals surface area contributed by atoms with Crippen molar-refractivity contribution in [1.82, 2.24) is 0 Å². The Morgan fingerprint density at radius 2 is 2.41 bits per heavy atom. The number of hydrogen-bond acceptors (Lipinski definition) is 3. The first-order valence-corrected chi connectivity index (χ1v) is 5.87. The normalized spacial score (nSPS) is 19.2. The highest BCUT2D eigenvalue weighted by molar-refractivity contribution is 5.95.